The maximum Gasteiger partial charge on any atom is 0.227 e. The van der Waals surface area contributed by atoms with Crippen LogP contribution < -0.4 is 16.0 Å². The maximum absolute atomic E-state index is 11.6. The molecule has 4 rings (SSSR count). The smallest absolute Gasteiger partial charge is 0.227 e. The zero-order valence-corrected chi connectivity index (χ0v) is 15.6. The number of anilines is 3. The summed E-state index contributed by atoms with van der Waals surface area (Å²) in [5.41, 5.74) is 7.53. The normalized spacial score (nSPS) is 17.4. The molecule has 1 aromatic carbocycles. The minimum absolute atomic E-state index is 0.127. The summed E-state index contributed by atoms with van der Waals surface area (Å²) in [5.74, 6) is 1.24. The van der Waals surface area contributed by atoms with E-state index in [1.165, 1.54) is 6.26 Å². The molecule has 1 aliphatic heterocycles. The van der Waals surface area contributed by atoms with Gasteiger partial charge in [0.2, 0.25) is 5.95 Å². The van der Waals surface area contributed by atoms with Crippen LogP contribution in [0.25, 0.3) is 10.9 Å². The summed E-state index contributed by atoms with van der Waals surface area (Å²) in [4.78, 5) is 15.8. The topological polar surface area (TPSA) is 114 Å². The Kier molecular flexibility index (Phi) is 4.40. The average molecular weight is 384 g/mol. The molecule has 3 aromatic rings. The first-order valence-electron chi connectivity index (χ1n) is 8.59. The molecule has 0 saturated carbocycles. The van der Waals surface area contributed by atoms with Crippen LogP contribution in [0.4, 0.5) is 17.5 Å². The van der Waals surface area contributed by atoms with Crippen molar-refractivity contribution in [1.29, 1.82) is 0 Å². The highest BCUT2D eigenvalue weighted by Crippen LogP contribution is 2.27. The van der Waals surface area contributed by atoms with Crippen molar-refractivity contribution in [3.8, 4) is 0 Å². The molecule has 8 nitrogen and oxygen atoms in total. The van der Waals surface area contributed by atoms with Crippen molar-refractivity contribution in [3.05, 3.63) is 42.7 Å². The Bertz CT molecular complexity index is 1080. The van der Waals surface area contributed by atoms with Crippen molar-refractivity contribution in [1.82, 2.24) is 15.0 Å². The van der Waals surface area contributed by atoms with Crippen LogP contribution in [0, 0.1) is 0 Å². The first kappa shape index (κ1) is 17.6. The van der Waals surface area contributed by atoms with Gasteiger partial charge in [-0.25, -0.2) is 13.4 Å². The lowest BCUT2D eigenvalue weighted by Crippen LogP contribution is -2.27. The molecule has 9 heteroatoms. The van der Waals surface area contributed by atoms with E-state index in [4.69, 9.17) is 5.73 Å². The van der Waals surface area contributed by atoms with Crippen LogP contribution in [0.1, 0.15) is 6.42 Å². The SMILES string of the molecule is CS(=O)(=O)c1ccc(Nc2nc(N3CC[C@H](N)C3)nc3ccncc23)cc1. The summed E-state index contributed by atoms with van der Waals surface area (Å²) in [7, 11) is -3.23. The molecule has 0 spiro atoms. The van der Waals surface area contributed by atoms with Crippen molar-refractivity contribution < 1.29 is 8.42 Å². The second-order valence-corrected chi connectivity index (χ2v) is 8.70. The number of aromatic nitrogens is 3. The lowest BCUT2D eigenvalue weighted by Gasteiger charge is -2.18. The molecule has 1 fully saturated rings. The molecule has 0 aliphatic carbocycles. The van der Waals surface area contributed by atoms with Gasteiger partial charge < -0.3 is 16.0 Å². The summed E-state index contributed by atoms with van der Waals surface area (Å²) in [5, 5.41) is 4.05. The summed E-state index contributed by atoms with van der Waals surface area (Å²) in [6.45, 7) is 1.54. The van der Waals surface area contributed by atoms with E-state index < -0.39 is 9.84 Å². The highest BCUT2D eigenvalue weighted by Gasteiger charge is 2.22. The van der Waals surface area contributed by atoms with Gasteiger partial charge in [-0.05, 0) is 36.8 Å². The number of hydrogen-bond acceptors (Lipinski definition) is 8. The predicted octanol–water partition coefficient (Wildman–Crippen LogP) is 1.71. The molecule has 1 atom stereocenters. The lowest BCUT2D eigenvalue weighted by molar-refractivity contribution is 0.602. The molecular formula is C18H20N6O2S. The largest absolute Gasteiger partial charge is 0.340 e. The van der Waals surface area contributed by atoms with Crippen LogP contribution in [0.5, 0.6) is 0 Å². The fraction of sp³-hybridized carbons (Fsp3) is 0.278. The molecule has 1 saturated heterocycles. The van der Waals surface area contributed by atoms with Crippen LogP contribution in [0.3, 0.4) is 0 Å². The Morgan fingerprint density at radius 2 is 1.96 bits per heavy atom. The van der Waals surface area contributed by atoms with E-state index in [2.05, 4.69) is 25.2 Å². The highest BCUT2D eigenvalue weighted by atomic mass is 32.2. The fourth-order valence-electron chi connectivity index (χ4n) is 3.09. The second kappa shape index (κ2) is 6.75. The van der Waals surface area contributed by atoms with E-state index in [9.17, 15) is 8.42 Å². The van der Waals surface area contributed by atoms with Gasteiger partial charge in [-0.15, -0.1) is 0 Å². The zero-order valence-electron chi connectivity index (χ0n) is 14.8. The van der Waals surface area contributed by atoms with Gasteiger partial charge in [-0.2, -0.15) is 4.98 Å². The molecule has 27 heavy (non-hydrogen) atoms. The van der Waals surface area contributed by atoms with E-state index >= 15 is 0 Å². The Hall–Kier alpha value is -2.78. The van der Waals surface area contributed by atoms with E-state index in [0.29, 0.717) is 11.8 Å². The third-order valence-electron chi connectivity index (χ3n) is 4.54. The van der Waals surface area contributed by atoms with Gasteiger partial charge in [0.15, 0.2) is 9.84 Å². The third kappa shape index (κ3) is 3.69. The fourth-order valence-corrected chi connectivity index (χ4v) is 3.72. The monoisotopic (exact) mass is 384 g/mol. The van der Waals surface area contributed by atoms with Gasteiger partial charge in [0.25, 0.3) is 0 Å². The van der Waals surface area contributed by atoms with Gasteiger partial charge >= 0.3 is 0 Å². The lowest BCUT2D eigenvalue weighted by atomic mass is 10.2. The molecule has 0 unspecified atom stereocenters. The first-order valence-corrected chi connectivity index (χ1v) is 10.5. The molecule has 0 bridgehead atoms. The Balaban J connectivity index is 1.71. The maximum atomic E-state index is 11.6. The van der Waals surface area contributed by atoms with E-state index in [-0.39, 0.29) is 10.9 Å². The number of rotatable bonds is 4. The standard InChI is InChI=1S/C18H20N6O2S/c1-27(25,26)14-4-2-13(3-5-14)21-17-15-10-20-8-6-16(15)22-18(23-17)24-9-7-12(19)11-24/h2-6,8,10,12H,7,9,11,19H2,1H3,(H,21,22,23)/t12-/m0/s1. The molecule has 3 N–H and O–H groups in total. The van der Waals surface area contributed by atoms with Crippen molar-refractivity contribution >= 4 is 38.2 Å². The predicted molar refractivity (Wildman–Crippen MR) is 105 cm³/mol. The van der Waals surface area contributed by atoms with Crippen molar-refractivity contribution in [2.24, 2.45) is 5.73 Å². The minimum atomic E-state index is -3.23. The average Bonchev–Trinajstić information content (AvgIpc) is 3.08. The quantitative estimate of drug-likeness (QED) is 0.699. The zero-order chi connectivity index (χ0) is 19.0. The Morgan fingerprint density at radius 1 is 1.19 bits per heavy atom. The molecular weight excluding hydrogens is 364 g/mol. The number of nitrogens with zero attached hydrogens (tertiary/aromatic N) is 4. The van der Waals surface area contributed by atoms with Gasteiger partial charge in [-0.3, -0.25) is 4.98 Å². The Labute approximate surface area is 157 Å². The van der Waals surface area contributed by atoms with Crippen LogP contribution in [0.15, 0.2) is 47.6 Å². The summed E-state index contributed by atoms with van der Waals surface area (Å²) in [6.07, 6.45) is 5.50. The van der Waals surface area contributed by atoms with Crippen molar-refractivity contribution in [2.75, 3.05) is 29.6 Å². The number of hydrogen-bond donors (Lipinski definition) is 2. The molecule has 1 aliphatic rings. The molecule has 3 heterocycles. The first-order chi connectivity index (χ1) is 12.9. The summed E-state index contributed by atoms with van der Waals surface area (Å²) >= 11 is 0. The van der Waals surface area contributed by atoms with E-state index in [1.54, 1.807) is 36.7 Å². The molecule has 140 valence electrons. The molecule has 2 aromatic heterocycles. The van der Waals surface area contributed by atoms with E-state index in [0.717, 1.165) is 36.1 Å². The number of pyridine rings is 1. The van der Waals surface area contributed by atoms with Crippen LogP contribution in [0.2, 0.25) is 0 Å². The highest BCUT2D eigenvalue weighted by molar-refractivity contribution is 7.90. The number of benzene rings is 1. The summed E-state index contributed by atoms with van der Waals surface area (Å²) < 4.78 is 23.3. The van der Waals surface area contributed by atoms with Crippen molar-refractivity contribution in [2.45, 2.75) is 17.4 Å². The van der Waals surface area contributed by atoms with Crippen LogP contribution in [-0.2, 0) is 9.84 Å². The number of nitrogens with two attached hydrogens (primary N) is 1. The molecule has 0 radical (unpaired) electrons. The second-order valence-electron chi connectivity index (χ2n) is 6.68. The number of fused-ring (bicyclic) bond motifs is 1. The summed E-state index contributed by atoms with van der Waals surface area (Å²) in [6, 6.07) is 8.54. The minimum Gasteiger partial charge on any atom is -0.340 e. The van der Waals surface area contributed by atoms with Crippen LogP contribution in [-0.4, -0.2) is 48.8 Å². The van der Waals surface area contributed by atoms with Gasteiger partial charge in [0.1, 0.15) is 5.82 Å². The van der Waals surface area contributed by atoms with Gasteiger partial charge in [-0.1, -0.05) is 0 Å². The number of sulfone groups is 1. The van der Waals surface area contributed by atoms with E-state index in [1.807, 2.05) is 6.07 Å². The van der Waals surface area contributed by atoms with Gasteiger partial charge in [0, 0.05) is 43.5 Å². The van der Waals surface area contributed by atoms with Gasteiger partial charge in [0.05, 0.1) is 15.8 Å². The van der Waals surface area contributed by atoms with Crippen molar-refractivity contribution in [3.63, 3.8) is 0 Å². The molecule has 0 amide bonds. The Morgan fingerprint density at radius 3 is 2.63 bits per heavy atom. The van der Waals surface area contributed by atoms with Crippen LogP contribution >= 0.6 is 0 Å². The number of nitrogens with one attached hydrogen (secondary N) is 1. The third-order valence-corrected chi connectivity index (χ3v) is 5.67.